The molecule has 6 nitrogen and oxygen atoms in total. The molecule has 1 amide bonds. The summed E-state index contributed by atoms with van der Waals surface area (Å²) in [7, 11) is 0. The van der Waals surface area contributed by atoms with Gasteiger partial charge in [0.15, 0.2) is 5.78 Å². The second-order valence-corrected chi connectivity index (χ2v) is 9.58. The molecule has 0 bridgehead atoms. The Morgan fingerprint density at radius 2 is 1.78 bits per heavy atom. The minimum Gasteiger partial charge on any atom is -0.384 e. The van der Waals surface area contributed by atoms with Gasteiger partial charge in [-0.15, -0.1) is 0 Å². The fourth-order valence-corrected chi connectivity index (χ4v) is 5.50. The molecule has 1 spiro atoms. The summed E-state index contributed by atoms with van der Waals surface area (Å²) in [5, 5.41) is 13.6. The molecule has 0 saturated heterocycles. The van der Waals surface area contributed by atoms with Gasteiger partial charge < -0.3 is 11.1 Å². The number of Topliss-reactive ketones (excluding diaryl/α,β-unsaturated/α-hetero) is 1. The van der Waals surface area contributed by atoms with Crippen LogP contribution in [0.5, 0.6) is 0 Å². The number of allylic oxidation sites excluding steroid dienone is 1. The molecular formula is C25H21ClN4O2. The van der Waals surface area contributed by atoms with Gasteiger partial charge in [0.1, 0.15) is 17.3 Å². The van der Waals surface area contributed by atoms with E-state index in [4.69, 9.17) is 17.3 Å². The van der Waals surface area contributed by atoms with Gasteiger partial charge in [-0.2, -0.15) is 5.26 Å². The molecule has 3 N–H and O–H groups in total. The van der Waals surface area contributed by atoms with Gasteiger partial charge in [0.2, 0.25) is 5.91 Å². The van der Waals surface area contributed by atoms with E-state index in [-0.39, 0.29) is 29.0 Å². The number of hydrogen-bond donors (Lipinski definition) is 2. The van der Waals surface area contributed by atoms with Crippen molar-refractivity contribution in [2.24, 2.45) is 11.1 Å². The minimum absolute atomic E-state index is 0.0340. The summed E-state index contributed by atoms with van der Waals surface area (Å²) in [6.45, 7) is 4.02. The standard InChI is InChI=1S/C25H21ClN4O2/c1-24(2)11-19-21(20(31)12-24)25(14-7-3-5-9-17(14)29-23(25)32)15(13-27)22(28)30(19)18-10-6-4-8-16(18)26/h3-10H,11-12,28H2,1-2H3,(H,29,32)/t25-/m0/s1. The number of carbonyl (C=O) groups excluding carboxylic acids is 2. The van der Waals surface area contributed by atoms with Gasteiger partial charge in [0, 0.05) is 28.9 Å². The maximum Gasteiger partial charge on any atom is 0.245 e. The number of rotatable bonds is 1. The third-order valence-corrected chi connectivity index (χ3v) is 6.81. The average Bonchev–Trinajstić information content (AvgIpc) is 3.01. The van der Waals surface area contributed by atoms with Gasteiger partial charge in [-0.1, -0.05) is 55.8 Å². The molecule has 32 heavy (non-hydrogen) atoms. The predicted octanol–water partition coefficient (Wildman–Crippen LogP) is 4.39. The molecule has 0 radical (unpaired) electrons. The summed E-state index contributed by atoms with van der Waals surface area (Å²) < 4.78 is 0. The first-order valence-electron chi connectivity index (χ1n) is 10.3. The lowest BCUT2D eigenvalue weighted by molar-refractivity contribution is -0.123. The van der Waals surface area contributed by atoms with E-state index in [1.165, 1.54) is 0 Å². The van der Waals surface area contributed by atoms with Gasteiger partial charge in [-0.25, -0.2) is 0 Å². The summed E-state index contributed by atoms with van der Waals surface area (Å²) in [6.07, 6.45) is 0.758. The first-order valence-corrected chi connectivity index (χ1v) is 10.7. The van der Waals surface area contributed by atoms with E-state index in [1.54, 1.807) is 47.4 Å². The third-order valence-electron chi connectivity index (χ3n) is 6.49. The monoisotopic (exact) mass is 444 g/mol. The van der Waals surface area contributed by atoms with Crippen molar-refractivity contribution in [1.82, 2.24) is 0 Å². The van der Waals surface area contributed by atoms with Crippen LogP contribution in [-0.2, 0) is 15.0 Å². The van der Waals surface area contributed by atoms with Gasteiger partial charge in [0.05, 0.1) is 16.3 Å². The van der Waals surface area contributed by atoms with Gasteiger partial charge in [-0.05, 0) is 30.0 Å². The number of ketones is 1. The quantitative estimate of drug-likeness (QED) is 0.679. The number of nitrogens with one attached hydrogen (secondary N) is 1. The van der Waals surface area contributed by atoms with E-state index in [2.05, 4.69) is 11.4 Å². The smallest absolute Gasteiger partial charge is 0.245 e. The highest BCUT2D eigenvalue weighted by Crippen LogP contribution is 2.57. The zero-order valence-electron chi connectivity index (χ0n) is 17.7. The van der Waals surface area contributed by atoms with Crippen molar-refractivity contribution in [3.8, 4) is 6.07 Å². The zero-order chi connectivity index (χ0) is 22.8. The van der Waals surface area contributed by atoms with Crippen LogP contribution >= 0.6 is 11.6 Å². The first kappa shape index (κ1) is 20.3. The Balaban J connectivity index is 1.92. The number of hydrogen-bond acceptors (Lipinski definition) is 5. The molecule has 2 aromatic carbocycles. The van der Waals surface area contributed by atoms with Gasteiger partial charge >= 0.3 is 0 Å². The van der Waals surface area contributed by atoms with E-state index < -0.39 is 11.3 Å². The van der Waals surface area contributed by atoms with Crippen LogP contribution in [-0.4, -0.2) is 11.7 Å². The molecule has 7 heteroatoms. The van der Waals surface area contributed by atoms with Gasteiger partial charge in [-0.3, -0.25) is 14.5 Å². The fraction of sp³-hybridized carbons (Fsp3) is 0.240. The summed E-state index contributed by atoms with van der Waals surface area (Å²) in [4.78, 5) is 29.0. The Bertz CT molecular complexity index is 1320. The maximum absolute atomic E-state index is 13.7. The second-order valence-electron chi connectivity index (χ2n) is 9.17. The van der Waals surface area contributed by atoms with E-state index in [0.29, 0.717) is 39.7 Å². The molecule has 2 heterocycles. The zero-order valence-corrected chi connectivity index (χ0v) is 18.5. The topological polar surface area (TPSA) is 99.2 Å². The molecule has 0 unspecified atom stereocenters. The number of nitrogens with two attached hydrogens (primary N) is 1. The number of anilines is 2. The second kappa shape index (κ2) is 6.72. The Morgan fingerprint density at radius 1 is 1.09 bits per heavy atom. The van der Waals surface area contributed by atoms with Crippen molar-refractivity contribution in [2.45, 2.75) is 32.1 Å². The number of fused-ring (bicyclic) bond motifs is 3. The summed E-state index contributed by atoms with van der Waals surface area (Å²) in [6, 6.07) is 16.5. The Labute approximate surface area is 191 Å². The lowest BCUT2D eigenvalue weighted by Gasteiger charge is -2.46. The number of carbonyl (C=O) groups is 2. The number of benzene rings is 2. The fourth-order valence-electron chi connectivity index (χ4n) is 5.28. The molecule has 5 rings (SSSR count). The van der Waals surface area contributed by atoms with Crippen LogP contribution in [0.2, 0.25) is 5.02 Å². The SMILES string of the molecule is CC1(C)CC(=O)C2=C(C1)N(c1ccccc1Cl)C(N)=C(C#N)[C@]21C(=O)Nc2ccccc21. The molecule has 3 aliphatic rings. The van der Waals surface area contributed by atoms with E-state index in [9.17, 15) is 14.9 Å². The molecule has 0 aromatic heterocycles. The highest BCUT2D eigenvalue weighted by atomic mass is 35.5. The Kier molecular flexibility index (Phi) is 4.27. The van der Waals surface area contributed by atoms with Crippen molar-refractivity contribution in [2.75, 3.05) is 10.2 Å². The molecule has 2 aromatic rings. The maximum atomic E-state index is 13.7. The lowest BCUT2D eigenvalue weighted by atomic mass is 9.61. The normalized spacial score (nSPS) is 23.8. The van der Waals surface area contributed by atoms with Crippen LogP contribution in [0.1, 0.15) is 32.3 Å². The lowest BCUT2D eigenvalue weighted by Crippen LogP contribution is -2.52. The molecular weight excluding hydrogens is 424 g/mol. The Hall–Kier alpha value is -3.56. The third kappa shape index (κ3) is 2.52. The van der Waals surface area contributed by atoms with Crippen molar-refractivity contribution >= 4 is 34.7 Å². The van der Waals surface area contributed by atoms with Crippen molar-refractivity contribution < 1.29 is 9.59 Å². The number of nitriles is 1. The summed E-state index contributed by atoms with van der Waals surface area (Å²) in [5.41, 5.74) is 7.40. The van der Waals surface area contributed by atoms with Gasteiger partial charge in [0.25, 0.3) is 0 Å². The van der Waals surface area contributed by atoms with Crippen LogP contribution in [0, 0.1) is 16.7 Å². The van der Waals surface area contributed by atoms with Crippen molar-refractivity contribution in [3.63, 3.8) is 0 Å². The highest BCUT2D eigenvalue weighted by Gasteiger charge is 2.61. The molecule has 1 atom stereocenters. The van der Waals surface area contributed by atoms with E-state index in [1.807, 2.05) is 19.9 Å². The first-order chi connectivity index (χ1) is 15.2. The molecule has 160 valence electrons. The predicted molar refractivity (Wildman–Crippen MR) is 123 cm³/mol. The number of para-hydroxylation sites is 2. The molecule has 1 aliphatic carbocycles. The average molecular weight is 445 g/mol. The minimum atomic E-state index is -1.57. The summed E-state index contributed by atoms with van der Waals surface area (Å²) in [5.74, 6) is -0.491. The van der Waals surface area contributed by atoms with Crippen LogP contribution in [0.25, 0.3) is 0 Å². The number of nitrogens with zero attached hydrogens (tertiary/aromatic N) is 2. The van der Waals surface area contributed by atoms with Crippen LogP contribution in [0.3, 0.4) is 0 Å². The van der Waals surface area contributed by atoms with Crippen LogP contribution < -0.4 is 16.0 Å². The molecule has 0 saturated carbocycles. The molecule has 2 aliphatic heterocycles. The van der Waals surface area contributed by atoms with Crippen LogP contribution in [0.4, 0.5) is 11.4 Å². The van der Waals surface area contributed by atoms with Crippen molar-refractivity contribution in [3.05, 3.63) is 81.8 Å². The van der Waals surface area contributed by atoms with Crippen LogP contribution in [0.15, 0.2) is 71.2 Å². The summed E-state index contributed by atoms with van der Waals surface area (Å²) >= 11 is 6.52. The molecule has 0 fully saturated rings. The largest absolute Gasteiger partial charge is 0.384 e. The highest BCUT2D eigenvalue weighted by molar-refractivity contribution is 6.33. The van der Waals surface area contributed by atoms with Crippen molar-refractivity contribution in [1.29, 1.82) is 5.26 Å². The van der Waals surface area contributed by atoms with E-state index in [0.717, 1.165) is 0 Å². The van der Waals surface area contributed by atoms with E-state index >= 15 is 0 Å². The Morgan fingerprint density at radius 3 is 2.50 bits per heavy atom. The number of amides is 1. The number of halogens is 1.